The number of benzene rings is 2. The Balaban J connectivity index is 2.37. The third kappa shape index (κ3) is 4.06. The van der Waals surface area contributed by atoms with Gasteiger partial charge < -0.3 is 0 Å². The molecule has 2 rings (SSSR count). The van der Waals surface area contributed by atoms with Gasteiger partial charge in [0.1, 0.15) is 0 Å². The first-order chi connectivity index (χ1) is 9.81. The summed E-state index contributed by atoms with van der Waals surface area (Å²) in [4.78, 5) is 0. The van der Waals surface area contributed by atoms with Gasteiger partial charge in [-0.1, -0.05) is 44.0 Å². The minimum absolute atomic E-state index is 0.402. The van der Waals surface area contributed by atoms with Crippen LogP contribution in [0.15, 0.2) is 51.4 Å². The first-order valence-electron chi connectivity index (χ1n) is 5.90. The van der Waals surface area contributed by atoms with Gasteiger partial charge in [-0.3, -0.25) is 5.84 Å². The first kappa shape index (κ1) is 16.5. The van der Waals surface area contributed by atoms with Crippen molar-refractivity contribution in [3.63, 3.8) is 0 Å². The van der Waals surface area contributed by atoms with Gasteiger partial charge in [0.25, 0.3) is 0 Å². The minimum atomic E-state index is -4.34. The minimum Gasteiger partial charge on any atom is -0.271 e. The average Bonchev–Trinajstić information content (AvgIpc) is 2.38. The summed E-state index contributed by atoms with van der Waals surface area (Å²) in [5.41, 5.74) is 3.42. The van der Waals surface area contributed by atoms with Gasteiger partial charge in [-0.25, -0.2) is 5.43 Å². The zero-order chi connectivity index (χ0) is 15.6. The Bertz CT molecular complexity index is 607. The number of hydrogen-bond donors (Lipinski definition) is 2. The largest absolute Gasteiger partial charge is 0.416 e. The highest BCUT2D eigenvalue weighted by atomic mass is 79.9. The maximum atomic E-state index is 12.6. The van der Waals surface area contributed by atoms with Gasteiger partial charge in [0.2, 0.25) is 0 Å². The standard InChI is InChI=1S/C14H11Br2F3N2/c15-11-5-9(6-12(16)7-11)13(21-20)8-1-3-10(4-2-8)14(17,18)19/h1-7,13,21H,20H2. The van der Waals surface area contributed by atoms with E-state index in [2.05, 4.69) is 37.3 Å². The zero-order valence-electron chi connectivity index (χ0n) is 10.6. The molecular weight excluding hydrogens is 413 g/mol. The lowest BCUT2D eigenvalue weighted by Crippen LogP contribution is -2.28. The summed E-state index contributed by atoms with van der Waals surface area (Å²) in [6.07, 6.45) is -4.34. The molecule has 1 atom stereocenters. The molecule has 2 nitrogen and oxygen atoms in total. The van der Waals surface area contributed by atoms with Crippen LogP contribution in [0.4, 0.5) is 13.2 Å². The van der Waals surface area contributed by atoms with Crippen molar-refractivity contribution < 1.29 is 13.2 Å². The van der Waals surface area contributed by atoms with E-state index in [9.17, 15) is 13.2 Å². The smallest absolute Gasteiger partial charge is 0.271 e. The lowest BCUT2D eigenvalue weighted by atomic mass is 9.98. The average molecular weight is 424 g/mol. The third-order valence-electron chi connectivity index (χ3n) is 2.96. The Labute approximate surface area is 136 Å². The van der Waals surface area contributed by atoms with E-state index in [1.807, 2.05) is 18.2 Å². The van der Waals surface area contributed by atoms with Crippen LogP contribution in [0.3, 0.4) is 0 Å². The molecule has 2 aromatic rings. The molecule has 1 unspecified atom stereocenters. The van der Waals surface area contributed by atoms with Crippen LogP contribution in [0, 0.1) is 0 Å². The van der Waals surface area contributed by atoms with E-state index < -0.39 is 17.8 Å². The van der Waals surface area contributed by atoms with Gasteiger partial charge in [-0.15, -0.1) is 0 Å². The summed E-state index contributed by atoms with van der Waals surface area (Å²) in [5.74, 6) is 5.56. The monoisotopic (exact) mass is 422 g/mol. The quantitative estimate of drug-likeness (QED) is 0.550. The Morgan fingerprint density at radius 1 is 0.905 bits per heavy atom. The topological polar surface area (TPSA) is 38.0 Å². The highest BCUT2D eigenvalue weighted by Gasteiger charge is 2.30. The second-order valence-electron chi connectivity index (χ2n) is 4.42. The Kier molecular flexibility index (Phi) is 5.08. The maximum Gasteiger partial charge on any atom is 0.416 e. The second kappa shape index (κ2) is 6.48. The Morgan fingerprint density at radius 2 is 1.43 bits per heavy atom. The molecule has 21 heavy (non-hydrogen) atoms. The molecule has 0 fully saturated rings. The molecule has 0 aliphatic heterocycles. The molecule has 0 saturated carbocycles. The van der Waals surface area contributed by atoms with Gasteiger partial charge in [-0.05, 0) is 41.5 Å². The fourth-order valence-electron chi connectivity index (χ4n) is 1.99. The highest BCUT2D eigenvalue weighted by Crippen LogP contribution is 2.32. The molecule has 0 bridgehead atoms. The molecule has 0 spiro atoms. The lowest BCUT2D eigenvalue weighted by Gasteiger charge is -2.18. The molecule has 112 valence electrons. The van der Waals surface area contributed by atoms with Gasteiger partial charge in [0, 0.05) is 8.95 Å². The van der Waals surface area contributed by atoms with Crippen molar-refractivity contribution in [2.75, 3.05) is 0 Å². The van der Waals surface area contributed by atoms with E-state index in [4.69, 9.17) is 5.84 Å². The van der Waals surface area contributed by atoms with Crippen LogP contribution in [0.5, 0.6) is 0 Å². The Morgan fingerprint density at radius 3 is 1.86 bits per heavy atom. The van der Waals surface area contributed by atoms with Crippen molar-refractivity contribution >= 4 is 31.9 Å². The highest BCUT2D eigenvalue weighted by molar-refractivity contribution is 9.11. The van der Waals surface area contributed by atoms with Crippen LogP contribution >= 0.6 is 31.9 Å². The summed E-state index contributed by atoms with van der Waals surface area (Å²) in [7, 11) is 0. The molecule has 7 heteroatoms. The van der Waals surface area contributed by atoms with Gasteiger partial charge in [-0.2, -0.15) is 13.2 Å². The molecule has 0 heterocycles. The molecule has 0 aromatic heterocycles. The molecule has 0 radical (unpaired) electrons. The van der Waals surface area contributed by atoms with Crippen LogP contribution in [-0.4, -0.2) is 0 Å². The number of nitrogens with two attached hydrogens (primary N) is 1. The van der Waals surface area contributed by atoms with Crippen LogP contribution in [0.2, 0.25) is 0 Å². The number of hydrazine groups is 1. The fraction of sp³-hybridized carbons (Fsp3) is 0.143. The van der Waals surface area contributed by atoms with E-state index in [0.717, 1.165) is 26.6 Å². The van der Waals surface area contributed by atoms with Crippen LogP contribution in [0.25, 0.3) is 0 Å². The summed E-state index contributed by atoms with van der Waals surface area (Å²) in [5, 5.41) is 0. The molecule has 0 amide bonds. The van der Waals surface area contributed by atoms with Crippen LogP contribution in [0.1, 0.15) is 22.7 Å². The molecule has 0 aliphatic rings. The van der Waals surface area contributed by atoms with Gasteiger partial charge in [0.15, 0.2) is 0 Å². The zero-order valence-corrected chi connectivity index (χ0v) is 13.8. The molecular formula is C14H11Br2F3N2. The summed E-state index contributed by atoms with van der Waals surface area (Å²) >= 11 is 6.75. The van der Waals surface area contributed by atoms with Gasteiger partial charge >= 0.3 is 6.18 Å². The van der Waals surface area contributed by atoms with E-state index >= 15 is 0 Å². The summed E-state index contributed by atoms with van der Waals surface area (Å²) in [6, 6.07) is 10.1. The van der Waals surface area contributed by atoms with Crippen LogP contribution < -0.4 is 11.3 Å². The van der Waals surface area contributed by atoms with Crippen molar-refractivity contribution in [2.24, 2.45) is 5.84 Å². The lowest BCUT2D eigenvalue weighted by molar-refractivity contribution is -0.137. The number of rotatable bonds is 3. The number of nitrogens with one attached hydrogen (secondary N) is 1. The number of hydrogen-bond acceptors (Lipinski definition) is 2. The van der Waals surface area contributed by atoms with E-state index in [0.29, 0.717) is 5.56 Å². The molecule has 0 aliphatic carbocycles. The van der Waals surface area contributed by atoms with Crippen molar-refractivity contribution in [3.8, 4) is 0 Å². The maximum absolute atomic E-state index is 12.6. The summed E-state index contributed by atoms with van der Waals surface area (Å²) < 4.78 is 39.4. The van der Waals surface area contributed by atoms with Crippen LogP contribution in [-0.2, 0) is 6.18 Å². The predicted molar refractivity (Wildman–Crippen MR) is 82.5 cm³/mol. The van der Waals surface area contributed by atoms with E-state index in [-0.39, 0.29) is 0 Å². The molecule has 2 aromatic carbocycles. The molecule has 3 N–H and O–H groups in total. The fourth-order valence-corrected chi connectivity index (χ4v) is 3.32. The Hall–Kier alpha value is -0.890. The number of alkyl halides is 3. The SMILES string of the molecule is NNC(c1ccc(C(F)(F)F)cc1)c1cc(Br)cc(Br)c1. The first-order valence-corrected chi connectivity index (χ1v) is 7.49. The third-order valence-corrected chi connectivity index (χ3v) is 3.87. The summed E-state index contributed by atoms with van der Waals surface area (Å²) in [6.45, 7) is 0. The second-order valence-corrected chi connectivity index (χ2v) is 6.25. The van der Waals surface area contributed by atoms with Crippen molar-refractivity contribution in [2.45, 2.75) is 12.2 Å². The van der Waals surface area contributed by atoms with Crippen molar-refractivity contribution in [1.82, 2.24) is 5.43 Å². The van der Waals surface area contributed by atoms with E-state index in [1.54, 1.807) is 0 Å². The van der Waals surface area contributed by atoms with E-state index in [1.165, 1.54) is 12.1 Å². The van der Waals surface area contributed by atoms with Crippen molar-refractivity contribution in [1.29, 1.82) is 0 Å². The normalized spacial score (nSPS) is 13.2. The predicted octanol–water partition coefficient (Wildman–Crippen LogP) is 4.78. The molecule has 0 saturated heterocycles. The number of halogens is 5. The van der Waals surface area contributed by atoms with Gasteiger partial charge in [0.05, 0.1) is 11.6 Å². The van der Waals surface area contributed by atoms with Crippen molar-refractivity contribution in [3.05, 3.63) is 68.1 Å².